The molecule has 1 atom stereocenters. The number of rotatable bonds is 2. The number of carbonyl (C=O) groups is 1. The van der Waals surface area contributed by atoms with E-state index in [0.717, 1.165) is 12.1 Å². The Morgan fingerprint density at radius 3 is 2.64 bits per heavy atom. The van der Waals surface area contributed by atoms with Crippen LogP contribution in [-0.4, -0.2) is 11.5 Å². The SMILES string of the molecule is CC1CC(C)(C)Nc2ccc(OC(=O)c3ccccc3)cc21. The maximum Gasteiger partial charge on any atom is 0.343 e. The van der Waals surface area contributed by atoms with Crippen LogP contribution in [0.2, 0.25) is 0 Å². The van der Waals surface area contributed by atoms with Gasteiger partial charge in [-0.15, -0.1) is 0 Å². The van der Waals surface area contributed by atoms with Crippen molar-refractivity contribution in [2.45, 2.75) is 38.6 Å². The monoisotopic (exact) mass is 295 g/mol. The molecule has 0 spiro atoms. The highest BCUT2D eigenvalue weighted by atomic mass is 16.5. The summed E-state index contributed by atoms with van der Waals surface area (Å²) < 4.78 is 5.50. The average Bonchev–Trinajstić information content (AvgIpc) is 2.48. The lowest BCUT2D eigenvalue weighted by Gasteiger charge is -2.37. The summed E-state index contributed by atoms with van der Waals surface area (Å²) in [6.07, 6.45) is 1.05. The Morgan fingerprint density at radius 2 is 1.91 bits per heavy atom. The standard InChI is InChI=1S/C19H21NO2/c1-13-12-19(2,3)20-17-10-9-15(11-16(13)17)22-18(21)14-7-5-4-6-8-14/h4-11,13,20H,12H2,1-3H3. The molecule has 22 heavy (non-hydrogen) atoms. The van der Waals surface area contributed by atoms with Crippen LogP contribution in [0.1, 0.15) is 49.0 Å². The Hall–Kier alpha value is -2.29. The van der Waals surface area contributed by atoms with Gasteiger partial charge in [0.05, 0.1) is 5.56 Å². The molecule has 0 aliphatic carbocycles. The van der Waals surface area contributed by atoms with Crippen molar-refractivity contribution in [2.24, 2.45) is 0 Å². The number of ether oxygens (including phenoxy) is 1. The second-order valence-electron chi connectivity index (χ2n) is 6.62. The first-order valence-corrected chi connectivity index (χ1v) is 7.64. The maximum absolute atomic E-state index is 12.1. The lowest BCUT2D eigenvalue weighted by Crippen LogP contribution is -2.36. The van der Waals surface area contributed by atoms with Gasteiger partial charge in [0.2, 0.25) is 0 Å². The zero-order valence-corrected chi connectivity index (χ0v) is 13.2. The molecule has 1 aliphatic rings. The van der Waals surface area contributed by atoms with E-state index in [1.807, 2.05) is 36.4 Å². The highest BCUT2D eigenvalue weighted by Gasteiger charge is 2.29. The topological polar surface area (TPSA) is 38.3 Å². The summed E-state index contributed by atoms with van der Waals surface area (Å²) in [5.74, 6) is 0.708. The third kappa shape index (κ3) is 2.98. The molecule has 0 aromatic heterocycles. The molecule has 1 aliphatic heterocycles. The summed E-state index contributed by atoms with van der Waals surface area (Å²) in [6.45, 7) is 6.62. The van der Waals surface area contributed by atoms with Crippen LogP contribution in [0.25, 0.3) is 0 Å². The molecule has 3 rings (SSSR count). The van der Waals surface area contributed by atoms with Crippen LogP contribution in [0.5, 0.6) is 5.75 Å². The summed E-state index contributed by atoms with van der Waals surface area (Å²) in [7, 11) is 0. The van der Waals surface area contributed by atoms with Crippen LogP contribution < -0.4 is 10.1 Å². The third-order valence-corrected chi connectivity index (χ3v) is 4.06. The smallest absolute Gasteiger partial charge is 0.343 e. The van der Waals surface area contributed by atoms with Gasteiger partial charge in [-0.05, 0) is 62.1 Å². The molecule has 0 radical (unpaired) electrons. The van der Waals surface area contributed by atoms with Gasteiger partial charge < -0.3 is 10.1 Å². The van der Waals surface area contributed by atoms with Crippen molar-refractivity contribution in [1.82, 2.24) is 0 Å². The molecule has 114 valence electrons. The number of fused-ring (bicyclic) bond motifs is 1. The molecule has 0 saturated heterocycles. The van der Waals surface area contributed by atoms with Crippen molar-refractivity contribution in [3.8, 4) is 5.75 Å². The highest BCUT2D eigenvalue weighted by molar-refractivity contribution is 5.91. The number of nitrogens with one attached hydrogen (secondary N) is 1. The number of esters is 1. The lowest BCUT2D eigenvalue weighted by atomic mass is 9.82. The maximum atomic E-state index is 12.1. The van der Waals surface area contributed by atoms with E-state index in [1.54, 1.807) is 12.1 Å². The van der Waals surface area contributed by atoms with Gasteiger partial charge in [-0.3, -0.25) is 0 Å². The van der Waals surface area contributed by atoms with Gasteiger partial charge in [0.25, 0.3) is 0 Å². The lowest BCUT2D eigenvalue weighted by molar-refractivity contribution is 0.0734. The second kappa shape index (κ2) is 5.48. The Kier molecular flexibility index (Phi) is 3.65. The average molecular weight is 295 g/mol. The van der Waals surface area contributed by atoms with Gasteiger partial charge in [0.15, 0.2) is 0 Å². The molecule has 1 heterocycles. The molecule has 2 aromatic carbocycles. The first kappa shape index (κ1) is 14.6. The van der Waals surface area contributed by atoms with Crippen LogP contribution >= 0.6 is 0 Å². The number of anilines is 1. The van der Waals surface area contributed by atoms with Crippen LogP contribution in [-0.2, 0) is 0 Å². The van der Waals surface area contributed by atoms with E-state index in [2.05, 4.69) is 26.1 Å². The van der Waals surface area contributed by atoms with Crippen LogP contribution in [0, 0.1) is 0 Å². The van der Waals surface area contributed by atoms with E-state index in [4.69, 9.17) is 4.74 Å². The fraction of sp³-hybridized carbons (Fsp3) is 0.316. The van der Waals surface area contributed by atoms with E-state index in [1.165, 1.54) is 5.56 Å². The second-order valence-corrected chi connectivity index (χ2v) is 6.62. The molecule has 1 N–H and O–H groups in total. The Balaban J connectivity index is 1.83. The third-order valence-electron chi connectivity index (χ3n) is 4.06. The quantitative estimate of drug-likeness (QED) is 0.650. The summed E-state index contributed by atoms with van der Waals surface area (Å²) in [6, 6.07) is 14.9. The molecule has 2 aromatic rings. The van der Waals surface area contributed by atoms with Gasteiger partial charge in [0.1, 0.15) is 5.75 Å². The summed E-state index contributed by atoms with van der Waals surface area (Å²) in [5.41, 5.74) is 2.99. The van der Waals surface area contributed by atoms with Gasteiger partial charge >= 0.3 is 5.97 Å². The first-order valence-electron chi connectivity index (χ1n) is 7.64. The molecule has 0 bridgehead atoms. The largest absolute Gasteiger partial charge is 0.423 e. The van der Waals surface area contributed by atoms with Crippen molar-refractivity contribution in [1.29, 1.82) is 0 Å². The predicted octanol–water partition coefficient (Wildman–Crippen LogP) is 4.60. The van der Waals surface area contributed by atoms with Crippen LogP contribution in [0.4, 0.5) is 5.69 Å². The van der Waals surface area contributed by atoms with Crippen molar-refractivity contribution >= 4 is 11.7 Å². The predicted molar refractivity (Wildman–Crippen MR) is 88.6 cm³/mol. The fourth-order valence-electron chi connectivity index (χ4n) is 3.16. The molecule has 0 saturated carbocycles. The van der Waals surface area contributed by atoms with Gasteiger partial charge in [-0.25, -0.2) is 4.79 Å². The minimum absolute atomic E-state index is 0.0919. The van der Waals surface area contributed by atoms with Crippen molar-refractivity contribution < 1.29 is 9.53 Å². The molecule has 3 heteroatoms. The molecule has 0 amide bonds. The zero-order valence-electron chi connectivity index (χ0n) is 13.2. The zero-order chi connectivity index (χ0) is 15.7. The molecular weight excluding hydrogens is 274 g/mol. The van der Waals surface area contributed by atoms with E-state index >= 15 is 0 Å². The van der Waals surface area contributed by atoms with E-state index in [-0.39, 0.29) is 11.5 Å². The molecular formula is C19H21NO2. The summed E-state index contributed by atoms with van der Waals surface area (Å²) in [4.78, 5) is 12.1. The number of hydrogen-bond acceptors (Lipinski definition) is 3. The molecule has 0 fully saturated rings. The van der Waals surface area contributed by atoms with Gasteiger partial charge in [-0.2, -0.15) is 0 Å². The normalized spacial score (nSPS) is 19.0. The Bertz CT molecular complexity index is 692. The van der Waals surface area contributed by atoms with Crippen molar-refractivity contribution in [3.05, 3.63) is 59.7 Å². The molecule has 1 unspecified atom stereocenters. The van der Waals surface area contributed by atoms with E-state index in [0.29, 0.717) is 17.2 Å². The number of benzene rings is 2. The van der Waals surface area contributed by atoms with Crippen molar-refractivity contribution in [3.63, 3.8) is 0 Å². The minimum atomic E-state index is -0.322. The van der Waals surface area contributed by atoms with E-state index < -0.39 is 0 Å². The number of carbonyl (C=O) groups excluding carboxylic acids is 1. The highest BCUT2D eigenvalue weighted by Crippen LogP contribution is 2.40. The Labute approximate surface area is 131 Å². The van der Waals surface area contributed by atoms with E-state index in [9.17, 15) is 4.79 Å². The number of hydrogen-bond donors (Lipinski definition) is 1. The van der Waals surface area contributed by atoms with Gasteiger partial charge in [-0.1, -0.05) is 25.1 Å². The fourth-order valence-corrected chi connectivity index (χ4v) is 3.16. The first-order chi connectivity index (χ1) is 10.4. The summed E-state index contributed by atoms with van der Waals surface area (Å²) >= 11 is 0. The van der Waals surface area contributed by atoms with Crippen molar-refractivity contribution in [2.75, 3.05) is 5.32 Å². The molecule has 3 nitrogen and oxygen atoms in total. The Morgan fingerprint density at radius 1 is 1.18 bits per heavy atom. The van der Waals surface area contributed by atoms with Crippen LogP contribution in [0.3, 0.4) is 0 Å². The minimum Gasteiger partial charge on any atom is -0.423 e. The van der Waals surface area contributed by atoms with Gasteiger partial charge in [0, 0.05) is 11.2 Å². The van der Waals surface area contributed by atoms with Crippen LogP contribution in [0.15, 0.2) is 48.5 Å². The summed E-state index contributed by atoms with van der Waals surface area (Å²) in [5, 5.41) is 3.54.